The minimum Gasteiger partial charge on any atom is -0.388 e. The maximum atomic E-state index is 5.56. The van der Waals surface area contributed by atoms with Crippen LogP contribution in [0.2, 0.25) is 0 Å². The second-order valence-electron chi connectivity index (χ2n) is 3.54. The molecule has 0 spiro atoms. The molecule has 3 nitrogen and oxygen atoms in total. The summed E-state index contributed by atoms with van der Waals surface area (Å²) in [6.07, 6.45) is 1.68. The van der Waals surface area contributed by atoms with Crippen LogP contribution in [0.3, 0.4) is 0 Å². The van der Waals surface area contributed by atoms with E-state index >= 15 is 0 Å². The van der Waals surface area contributed by atoms with Crippen molar-refractivity contribution in [2.75, 3.05) is 5.32 Å². The zero-order valence-corrected chi connectivity index (χ0v) is 13.7. The van der Waals surface area contributed by atoms with Crippen molar-refractivity contribution in [3.05, 3.63) is 50.3 Å². The molecule has 0 unspecified atom stereocenters. The number of pyridine rings is 1. The fraction of sp³-hybridized carbons (Fsp3) is 0. The van der Waals surface area contributed by atoms with E-state index in [1.54, 1.807) is 6.20 Å². The average molecular weight is 434 g/mol. The first-order valence-electron chi connectivity index (χ1n) is 5.04. The highest BCUT2D eigenvalue weighted by molar-refractivity contribution is 14.1. The Bertz CT molecular complexity index is 604. The van der Waals surface area contributed by atoms with Crippen molar-refractivity contribution in [2.24, 2.45) is 5.73 Å². The van der Waals surface area contributed by atoms with Gasteiger partial charge in [0.1, 0.15) is 4.99 Å². The fourth-order valence-electron chi connectivity index (χ4n) is 1.39. The number of hydrogen-bond donors (Lipinski definition) is 2. The predicted molar refractivity (Wildman–Crippen MR) is 90.3 cm³/mol. The van der Waals surface area contributed by atoms with Crippen molar-refractivity contribution in [3.63, 3.8) is 0 Å². The van der Waals surface area contributed by atoms with E-state index < -0.39 is 0 Å². The van der Waals surface area contributed by atoms with Gasteiger partial charge in [0.15, 0.2) is 0 Å². The Morgan fingerprint density at radius 3 is 2.83 bits per heavy atom. The van der Waals surface area contributed by atoms with Crippen molar-refractivity contribution in [3.8, 4) is 0 Å². The molecule has 6 heteroatoms. The summed E-state index contributed by atoms with van der Waals surface area (Å²) in [5.41, 5.74) is 8.10. The Labute approximate surface area is 132 Å². The van der Waals surface area contributed by atoms with Crippen molar-refractivity contribution in [1.82, 2.24) is 4.98 Å². The molecule has 1 aromatic heterocycles. The quantitative estimate of drug-likeness (QED) is 0.570. The van der Waals surface area contributed by atoms with E-state index in [0.717, 1.165) is 19.4 Å². The summed E-state index contributed by atoms with van der Waals surface area (Å²) in [4.78, 5) is 4.40. The second-order valence-corrected chi connectivity index (χ2v) is 6.06. The molecule has 18 heavy (non-hydrogen) atoms. The maximum absolute atomic E-state index is 5.56. The molecule has 2 rings (SSSR count). The van der Waals surface area contributed by atoms with Crippen molar-refractivity contribution in [2.45, 2.75) is 0 Å². The number of nitrogens with two attached hydrogens (primary N) is 1. The first-order chi connectivity index (χ1) is 8.56. The average Bonchev–Trinajstić information content (AvgIpc) is 2.34. The van der Waals surface area contributed by atoms with Crippen LogP contribution in [0, 0.1) is 3.57 Å². The lowest BCUT2D eigenvalue weighted by atomic mass is 10.2. The number of anilines is 2. The molecule has 0 aliphatic rings. The summed E-state index contributed by atoms with van der Waals surface area (Å²) in [5, 5.41) is 3.32. The Morgan fingerprint density at radius 1 is 1.33 bits per heavy atom. The Kier molecular flexibility index (Phi) is 4.52. The van der Waals surface area contributed by atoms with E-state index in [1.807, 2.05) is 30.3 Å². The van der Waals surface area contributed by atoms with Crippen LogP contribution in [0.5, 0.6) is 0 Å². The zero-order valence-electron chi connectivity index (χ0n) is 9.15. The van der Waals surface area contributed by atoms with Crippen LogP contribution in [0.25, 0.3) is 0 Å². The fourth-order valence-corrected chi connectivity index (χ4v) is 2.33. The van der Waals surface area contributed by atoms with Crippen molar-refractivity contribution < 1.29 is 0 Å². The lowest BCUT2D eigenvalue weighted by molar-refractivity contribution is 1.29. The minimum atomic E-state index is 0.294. The molecular weight excluding hydrogens is 425 g/mol. The molecule has 0 saturated carbocycles. The number of rotatable bonds is 3. The molecule has 0 radical (unpaired) electrons. The third-order valence-electron chi connectivity index (χ3n) is 2.22. The largest absolute Gasteiger partial charge is 0.388 e. The molecule has 3 N–H and O–H groups in total. The van der Waals surface area contributed by atoms with Gasteiger partial charge in [0.25, 0.3) is 0 Å². The Balaban J connectivity index is 2.31. The number of nitrogens with zero attached hydrogens (tertiary/aromatic N) is 1. The van der Waals surface area contributed by atoms with Gasteiger partial charge in [-0.15, -0.1) is 0 Å². The number of hydrogen-bond acceptors (Lipinski definition) is 3. The number of aromatic nitrogens is 1. The molecule has 0 bridgehead atoms. The number of halogens is 2. The summed E-state index contributed by atoms with van der Waals surface area (Å²) < 4.78 is 2.15. The van der Waals surface area contributed by atoms with Crippen LogP contribution in [0.15, 0.2) is 41.0 Å². The van der Waals surface area contributed by atoms with Gasteiger partial charge in [-0.1, -0.05) is 28.1 Å². The predicted octanol–water partition coefficient (Wildman–Crippen LogP) is 3.83. The molecule has 92 valence electrons. The Hall–Kier alpha value is -0.730. The van der Waals surface area contributed by atoms with Crippen LogP contribution < -0.4 is 11.1 Å². The minimum absolute atomic E-state index is 0.294. The maximum Gasteiger partial charge on any atom is 0.122 e. The molecule has 0 aliphatic carbocycles. The van der Waals surface area contributed by atoms with E-state index in [4.69, 9.17) is 18.0 Å². The zero-order chi connectivity index (χ0) is 13.1. The molecule has 1 heterocycles. The highest BCUT2D eigenvalue weighted by atomic mass is 127. The molecular formula is C12H9BrIN3S. The Morgan fingerprint density at radius 2 is 2.11 bits per heavy atom. The van der Waals surface area contributed by atoms with Crippen LogP contribution in [-0.2, 0) is 0 Å². The van der Waals surface area contributed by atoms with Crippen LogP contribution >= 0.6 is 50.7 Å². The highest BCUT2D eigenvalue weighted by Crippen LogP contribution is 2.26. The summed E-state index contributed by atoms with van der Waals surface area (Å²) in [6.45, 7) is 0. The molecule has 0 aliphatic heterocycles. The smallest absolute Gasteiger partial charge is 0.122 e. The second kappa shape index (κ2) is 5.94. The van der Waals surface area contributed by atoms with Gasteiger partial charge in [-0.25, -0.2) is 0 Å². The van der Waals surface area contributed by atoms with Gasteiger partial charge in [0.2, 0.25) is 0 Å². The van der Waals surface area contributed by atoms with Crippen molar-refractivity contribution in [1.29, 1.82) is 0 Å². The summed E-state index contributed by atoms with van der Waals surface area (Å²) in [6, 6.07) is 9.75. The van der Waals surface area contributed by atoms with Gasteiger partial charge in [-0.3, -0.25) is 4.98 Å². The van der Waals surface area contributed by atoms with E-state index in [1.165, 1.54) is 0 Å². The lowest BCUT2D eigenvalue weighted by Crippen LogP contribution is -2.11. The van der Waals surface area contributed by atoms with Gasteiger partial charge in [-0.2, -0.15) is 0 Å². The first-order valence-corrected chi connectivity index (χ1v) is 7.32. The van der Waals surface area contributed by atoms with Gasteiger partial charge in [0, 0.05) is 19.9 Å². The van der Waals surface area contributed by atoms with Gasteiger partial charge < -0.3 is 11.1 Å². The standard InChI is InChI=1S/C12H9BrIN3S/c13-7-1-2-9(14)10(5-7)17-8-3-4-16-11(6-8)12(15)18/h1-6H,(H2,15,18)(H,16,17). The van der Waals surface area contributed by atoms with Crippen LogP contribution in [-0.4, -0.2) is 9.97 Å². The van der Waals surface area contributed by atoms with Gasteiger partial charge in [0.05, 0.1) is 11.4 Å². The summed E-state index contributed by atoms with van der Waals surface area (Å²) in [7, 11) is 0. The van der Waals surface area contributed by atoms with E-state index in [-0.39, 0.29) is 0 Å². The van der Waals surface area contributed by atoms with Gasteiger partial charge >= 0.3 is 0 Å². The number of benzene rings is 1. The van der Waals surface area contributed by atoms with E-state index in [0.29, 0.717) is 10.7 Å². The monoisotopic (exact) mass is 433 g/mol. The summed E-state index contributed by atoms with van der Waals surface area (Å²) >= 11 is 10.6. The third-order valence-corrected chi connectivity index (χ3v) is 3.86. The van der Waals surface area contributed by atoms with Crippen molar-refractivity contribution >= 4 is 67.1 Å². The first kappa shape index (κ1) is 13.7. The summed E-state index contributed by atoms with van der Waals surface area (Å²) in [5.74, 6) is 0. The van der Waals surface area contributed by atoms with Crippen LogP contribution in [0.4, 0.5) is 11.4 Å². The van der Waals surface area contributed by atoms with Crippen LogP contribution in [0.1, 0.15) is 5.69 Å². The topological polar surface area (TPSA) is 50.9 Å². The van der Waals surface area contributed by atoms with E-state index in [9.17, 15) is 0 Å². The highest BCUT2D eigenvalue weighted by Gasteiger charge is 2.03. The number of nitrogens with one attached hydrogen (secondary N) is 1. The third kappa shape index (κ3) is 3.39. The molecule has 2 aromatic rings. The molecule has 0 amide bonds. The normalized spacial score (nSPS) is 10.1. The lowest BCUT2D eigenvalue weighted by Gasteiger charge is -2.10. The van der Waals surface area contributed by atoms with Gasteiger partial charge in [-0.05, 0) is 52.9 Å². The SMILES string of the molecule is NC(=S)c1cc(Nc2cc(Br)ccc2I)ccn1. The number of thiocarbonyl (C=S) groups is 1. The molecule has 0 atom stereocenters. The molecule has 1 aromatic carbocycles. The molecule has 0 saturated heterocycles. The molecule has 0 fully saturated rings. The van der Waals surface area contributed by atoms with E-state index in [2.05, 4.69) is 48.8 Å².